The first-order chi connectivity index (χ1) is 14.4. The van der Waals surface area contributed by atoms with Gasteiger partial charge in [0.05, 0.1) is 18.8 Å². The van der Waals surface area contributed by atoms with E-state index < -0.39 is 17.9 Å². The molecule has 7 heteroatoms. The zero-order valence-corrected chi connectivity index (χ0v) is 20.3. The largest absolute Gasteiger partial charge is 0.490 e. The van der Waals surface area contributed by atoms with Crippen LogP contribution in [0.3, 0.4) is 0 Å². The summed E-state index contributed by atoms with van der Waals surface area (Å²) in [5.41, 5.74) is 0.713. The van der Waals surface area contributed by atoms with Crippen LogP contribution in [0.4, 0.5) is 0 Å². The van der Waals surface area contributed by atoms with Crippen LogP contribution in [0.15, 0.2) is 18.2 Å². The lowest BCUT2D eigenvalue weighted by Crippen LogP contribution is -2.43. The normalized spacial score (nSPS) is 12.3. The van der Waals surface area contributed by atoms with Crippen LogP contribution in [-0.4, -0.2) is 54.0 Å². The van der Waals surface area contributed by atoms with Gasteiger partial charge in [0, 0.05) is 17.6 Å². The molecule has 1 aromatic carbocycles. The van der Waals surface area contributed by atoms with Gasteiger partial charge in [-0.2, -0.15) is 0 Å². The zero-order chi connectivity index (χ0) is 23.9. The fourth-order valence-corrected chi connectivity index (χ4v) is 3.47. The molecule has 0 aliphatic carbocycles. The van der Waals surface area contributed by atoms with E-state index in [1.54, 1.807) is 23.1 Å². The van der Waals surface area contributed by atoms with Crippen molar-refractivity contribution in [1.29, 1.82) is 0 Å². The van der Waals surface area contributed by atoms with Gasteiger partial charge >= 0.3 is 5.97 Å². The molecule has 1 atom stereocenters. The number of nitrogens with zero attached hydrogens (tertiary/aromatic N) is 1. The second-order valence-corrected chi connectivity index (χ2v) is 8.96. The summed E-state index contributed by atoms with van der Waals surface area (Å²) in [5.74, 6) is -0.578. The van der Waals surface area contributed by atoms with Crippen molar-refractivity contribution < 1.29 is 23.9 Å². The number of amides is 2. The van der Waals surface area contributed by atoms with Crippen LogP contribution >= 0.6 is 0 Å². The molecule has 0 fully saturated rings. The third-order valence-corrected chi connectivity index (χ3v) is 4.68. The van der Waals surface area contributed by atoms with E-state index in [2.05, 4.69) is 5.32 Å². The number of esters is 1. The molecule has 0 unspecified atom stereocenters. The molecule has 0 saturated carbocycles. The number of ether oxygens (including phenoxy) is 2. The SMILES string of the molecule is COC(=O)[C@H](CC(C)C)NC(=O)c1ccc(C(=O)N(C(C)C)C(C)C)cc1OC(C)C. The van der Waals surface area contributed by atoms with Crippen molar-refractivity contribution in [3.8, 4) is 5.75 Å². The molecule has 0 radical (unpaired) electrons. The van der Waals surface area contributed by atoms with Crippen molar-refractivity contribution in [2.45, 2.75) is 86.0 Å². The molecule has 0 aliphatic rings. The topological polar surface area (TPSA) is 84.9 Å². The van der Waals surface area contributed by atoms with Crippen LogP contribution in [0.2, 0.25) is 0 Å². The van der Waals surface area contributed by atoms with E-state index in [0.717, 1.165) is 0 Å². The van der Waals surface area contributed by atoms with Crippen molar-refractivity contribution in [1.82, 2.24) is 10.2 Å². The molecule has 31 heavy (non-hydrogen) atoms. The van der Waals surface area contributed by atoms with Gasteiger partial charge in [-0.25, -0.2) is 4.79 Å². The van der Waals surface area contributed by atoms with Crippen molar-refractivity contribution in [3.05, 3.63) is 29.3 Å². The van der Waals surface area contributed by atoms with Gasteiger partial charge in [0.25, 0.3) is 11.8 Å². The molecule has 174 valence electrons. The van der Waals surface area contributed by atoms with Crippen LogP contribution in [0.1, 0.15) is 82.5 Å². The Morgan fingerprint density at radius 3 is 2.00 bits per heavy atom. The van der Waals surface area contributed by atoms with Gasteiger partial charge in [-0.15, -0.1) is 0 Å². The molecule has 7 nitrogen and oxygen atoms in total. The summed E-state index contributed by atoms with van der Waals surface area (Å²) in [7, 11) is 1.30. The number of methoxy groups -OCH3 is 1. The molecule has 0 heterocycles. The molecule has 0 bridgehead atoms. The highest BCUT2D eigenvalue weighted by atomic mass is 16.5. The first-order valence-electron chi connectivity index (χ1n) is 10.9. The molecule has 0 saturated heterocycles. The Labute approximate surface area is 186 Å². The Morgan fingerprint density at radius 2 is 1.55 bits per heavy atom. The van der Waals surface area contributed by atoms with Crippen molar-refractivity contribution in [2.24, 2.45) is 5.92 Å². The minimum atomic E-state index is -0.761. The van der Waals surface area contributed by atoms with Crippen LogP contribution in [-0.2, 0) is 9.53 Å². The molecular formula is C24H38N2O5. The number of carbonyl (C=O) groups is 3. The molecule has 0 aromatic heterocycles. The van der Waals surface area contributed by atoms with Crippen molar-refractivity contribution in [3.63, 3.8) is 0 Å². The third kappa shape index (κ3) is 7.56. The predicted molar refractivity (Wildman–Crippen MR) is 121 cm³/mol. The van der Waals surface area contributed by atoms with E-state index in [1.165, 1.54) is 7.11 Å². The summed E-state index contributed by atoms with van der Waals surface area (Å²) in [4.78, 5) is 40.0. The quantitative estimate of drug-likeness (QED) is 0.562. The molecule has 1 N–H and O–H groups in total. The van der Waals surface area contributed by atoms with Crippen LogP contribution in [0, 0.1) is 5.92 Å². The molecule has 0 aliphatic heterocycles. The molecule has 0 spiro atoms. The van der Waals surface area contributed by atoms with E-state index in [9.17, 15) is 14.4 Å². The van der Waals surface area contributed by atoms with Crippen LogP contribution < -0.4 is 10.1 Å². The van der Waals surface area contributed by atoms with Crippen LogP contribution in [0.25, 0.3) is 0 Å². The Morgan fingerprint density at radius 1 is 0.968 bits per heavy atom. The maximum absolute atomic E-state index is 13.1. The minimum absolute atomic E-state index is 0.0294. The Hall–Kier alpha value is -2.57. The van der Waals surface area contributed by atoms with E-state index >= 15 is 0 Å². The fourth-order valence-electron chi connectivity index (χ4n) is 3.47. The number of hydrogen-bond acceptors (Lipinski definition) is 5. The highest BCUT2D eigenvalue weighted by Crippen LogP contribution is 2.24. The van der Waals surface area contributed by atoms with Gasteiger partial charge in [-0.05, 0) is 72.1 Å². The van der Waals surface area contributed by atoms with Gasteiger partial charge in [0.15, 0.2) is 0 Å². The lowest BCUT2D eigenvalue weighted by molar-refractivity contribution is -0.143. The summed E-state index contributed by atoms with van der Waals surface area (Å²) in [5, 5.41) is 2.75. The minimum Gasteiger partial charge on any atom is -0.490 e. The summed E-state index contributed by atoms with van der Waals surface area (Å²) in [6.45, 7) is 15.5. The molecular weight excluding hydrogens is 396 g/mol. The van der Waals surface area contributed by atoms with Gasteiger partial charge in [-0.3, -0.25) is 9.59 Å². The second-order valence-electron chi connectivity index (χ2n) is 8.96. The van der Waals surface area contributed by atoms with E-state index in [4.69, 9.17) is 9.47 Å². The van der Waals surface area contributed by atoms with E-state index in [1.807, 2.05) is 55.4 Å². The van der Waals surface area contributed by atoms with Crippen molar-refractivity contribution >= 4 is 17.8 Å². The Kier molecular flexibility index (Phi) is 10.0. The highest BCUT2D eigenvalue weighted by molar-refractivity contribution is 6.01. The lowest BCUT2D eigenvalue weighted by Gasteiger charge is -2.31. The van der Waals surface area contributed by atoms with Gasteiger partial charge in [0.2, 0.25) is 0 Å². The summed E-state index contributed by atoms with van der Waals surface area (Å²) in [6, 6.07) is 4.09. The lowest BCUT2D eigenvalue weighted by atomic mass is 10.0. The van der Waals surface area contributed by atoms with E-state index in [-0.39, 0.29) is 35.6 Å². The van der Waals surface area contributed by atoms with E-state index in [0.29, 0.717) is 17.7 Å². The summed E-state index contributed by atoms with van der Waals surface area (Å²) < 4.78 is 10.7. The predicted octanol–water partition coefficient (Wildman–Crippen LogP) is 4.05. The summed E-state index contributed by atoms with van der Waals surface area (Å²) >= 11 is 0. The third-order valence-electron chi connectivity index (χ3n) is 4.68. The second kappa shape index (κ2) is 11.7. The number of nitrogens with one attached hydrogen (secondary N) is 1. The van der Waals surface area contributed by atoms with Crippen molar-refractivity contribution in [2.75, 3.05) is 7.11 Å². The van der Waals surface area contributed by atoms with Crippen LogP contribution in [0.5, 0.6) is 5.75 Å². The number of rotatable bonds is 10. The average molecular weight is 435 g/mol. The summed E-state index contributed by atoms with van der Waals surface area (Å²) in [6.07, 6.45) is 0.253. The molecule has 1 rings (SSSR count). The Bertz CT molecular complexity index is 763. The number of hydrogen-bond donors (Lipinski definition) is 1. The first kappa shape index (κ1) is 26.5. The maximum atomic E-state index is 13.1. The van der Waals surface area contributed by atoms with Gasteiger partial charge in [0.1, 0.15) is 11.8 Å². The fraction of sp³-hybridized carbons (Fsp3) is 0.625. The monoisotopic (exact) mass is 434 g/mol. The molecule has 2 amide bonds. The maximum Gasteiger partial charge on any atom is 0.328 e. The number of benzene rings is 1. The highest BCUT2D eigenvalue weighted by Gasteiger charge is 2.27. The van der Waals surface area contributed by atoms with Gasteiger partial charge in [-0.1, -0.05) is 13.8 Å². The smallest absolute Gasteiger partial charge is 0.328 e. The first-order valence-corrected chi connectivity index (χ1v) is 10.9. The van der Waals surface area contributed by atoms with Gasteiger partial charge < -0.3 is 19.7 Å². The number of carbonyl (C=O) groups excluding carboxylic acids is 3. The molecule has 1 aromatic rings. The standard InChI is InChI=1S/C24H38N2O5/c1-14(2)12-20(24(29)30-9)25-22(27)19-11-10-18(13-21(19)31-17(7)8)23(28)26(15(3)4)16(5)6/h10-11,13-17,20H,12H2,1-9H3,(H,25,27)/t20-/m0/s1. The average Bonchev–Trinajstić information content (AvgIpc) is 2.65. The zero-order valence-electron chi connectivity index (χ0n) is 20.3. The Balaban J connectivity index is 3.30.